The summed E-state index contributed by atoms with van der Waals surface area (Å²) in [6.07, 6.45) is 3.17. The van der Waals surface area contributed by atoms with Gasteiger partial charge in [0.15, 0.2) is 0 Å². The molecule has 24 heavy (non-hydrogen) atoms. The molecule has 0 unspecified atom stereocenters. The molecule has 2 aliphatic rings. The van der Waals surface area contributed by atoms with Crippen LogP contribution in [-0.4, -0.2) is 29.3 Å². The van der Waals surface area contributed by atoms with E-state index in [1.54, 1.807) is 25.1 Å². The summed E-state index contributed by atoms with van der Waals surface area (Å²) in [5.41, 5.74) is 2.07. The number of ether oxygens (including phenoxy) is 1. The van der Waals surface area contributed by atoms with Crippen LogP contribution < -0.4 is 9.64 Å². The van der Waals surface area contributed by atoms with Gasteiger partial charge in [0.25, 0.3) is 11.8 Å². The SMILES string of the molecule is C/C(COc1cc(N2C(=O)C3=C(CCCC3)C2=O)ccc1Cl)=N/O. The zero-order chi connectivity index (χ0) is 17.3. The van der Waals surface area contributed by atoms with Gasteiger partial charge in [-0.2, -0.15) is 0 Å². The molecule has 1 N–H and O–H groups in total. The van der Waals surface area contributed by atoms with Crippen LogP contribution in [0.25, 0.3) is 0 Å². The van der Waals surface area contributed by atoms with E-state index < -0.39 is 0 Å². The van der Waals surface area contributed by atoms with Crippen molar-refractivity contribution in [3.63, 3.8) is 0 Å². The van der Waals surface area contributed by atoms with Crippen LogP contribution in [-0.2, 0) is 9.59 Å². The van der Waals surface area contributed by atoms with Crippen molar-refractivity contribution in [3.05, 3.63) is 34.4 Å². The Morgan fingerprint density at radius 1 is 1.25 bits per heavy atom. The Hall–Kier alpha value is -2.34. The topological polar surface area (TPSA) is 79.2 Å². The number of nitrogens with zero attached hydrogens (tertiary/aromatic N) is 2. The van der Waals surface area contributed by atoms with Crippen molar-refractivity contribution in [2.45, 2.75) is 32.6 Å². The summed E-state index contributed by atoms with van der Waals surface area (Å²) in [7, 11) is 0. The molecule has 3 rings (SSSR count). The summed E-state index contributed by atoms with van der Waals surface area (Å²) in [6.45, 7) is 1.65. The Balaban J connectivity index is 1.88. The van der Waals surface area contributed by atoms with E-state index in [2.05, 4.69) is 5.16 Å². The van der Waals surface area contributed by atoms with E-state index in [9.17, 15) is 9.59 Å². The molecule has 0 fully saturated rings. The molecule has 6 nitrogen and oxygen atoms in total. The first-order valence-corrected chi connectivity index (χ1v) is 8.11. The number of anilines is 1. The third-order valence-electron chi connectivity index (χ3n) is 4.17. The lowest BCUT2D eigenvalue weighted by molar-refractivity contribution is -0.120. The molecule has 1 aromatic rings. The van der Waals surface area contributed by atoms with Crippen molar-refractivity contribution in [2.75, 3.05) is 11.5 Å². The molecular formula is C17H17ClN2O4. The minimum absolute atomic E-state index is 0.0519. The molecule has 1 heterocycles. The number of oxime groups is 1. The quantitative estimate of drug-likeness (QED) is 0.392. The van der Waals surface area contributed by atoms with Gasteiger partial charge in [0.2, 0.25) is 0 Å². The maximum atomic E-state index is 12.6. The van der Waals surface area contributed by atoms with Crippen LogP contribution >= 0.6 is 11.6 Å². The second kappa shape index (κ2) is 6.65. The fourth-order valence-electron chi connectivity index (χ4n) is 2.93. The van der Waals surface area contributed by atoms with Gasteiger partial charge in [-0.3, -0.25) is 9.59 Å². The van der Waals surface area contributed by atoms with Gasteiger partial charge in [0.1, 0.15) is 12.4 Å². The molecule has 0 spiro atoms. The van der Waals surface area contributed by atoms with E-state index in [1.807, 2.05) is 0 Å². The number of imide groups is 1. The van der Waals surface area contributed by atoms with Crippen molar-refractivity contribution in [1.29, 1.82) is 0 Å². The summed E-state index contributed by atoms with van der Waals surface area (Å²) < 4.78 is 5.49. The van der Waals surface area contributed by atoms with Crippen molar-refractivity contribution < 1.29 is 19.5 Å². The number of halogens is 1. The van der Waals surface area contributed by atoms with E-state index in [4.69, 9.17) is 21.5 Å². The number of carbonyl (C=O) groups is 2. The molecule has 0 radical (unpaired) electrons. The zero-order valence-electron chi connectivity index (χ0n) is 13.2. The third kappa shape index (κ3) is 2.89. The van der Waals surface area contributed by atoms with Crippen LogP contribution in [0.3, 0.4) is 0 Å². The van der Waals surface area contributed by atoms with Gasteiger partial charge >= 0.3 is 0 Å². The largest absolute Gasteiger partial charge is 0.486 e. The molecule has 2 amide bonds. The van der Waals surface area contributed by atoms with Crippen LogP contribution in [0, 0.1) is 0 Å². The average molecular weight is 349 g/mol. The fourth-order valence-corrected chi connectivity index (χ4v) is 3.10. The van der Waals surface area contributed by atoms with E-state index in [1.165, 1.54) is 4.90 Å². The van der Waals surface area contributed by atoms with Crippen LogP contribution in [0.5, 0.6) is 5.75 Å². The molecular weight excluding hydrogens is 332 g/mol. The molecule has 0 bridgehead atoms. The zero-order valence-corrected chi connectivity index (χ0v) is 14.0. The first-order valence-electron chi connectivity index (χ1n) is 7.73. The molecule has 1 aliphatic heterocycles. The van der Waals surface area contributed by atoms with E-state index in [0.29, 0.717) is 46.2 Å². The number of benzene rings is 1. The van der Waals surface area contributed by atoms with E-state index in [-0.39, 0.29) is 18.4 Å². The molecule has 0 saturated carbocycles. The van der Waals surface area contributed by atoms with Crippen LogP contribution in [0.15, 0.2) is 34.5 Å². The van der Waals surface area contributed by atoms with Crippen molar-refractivity contribution >= 4 is 34.8 Å². The molecule has 0 atom stereocenters. The highest BCUT2D eigenvalue weighted by Gasteiger charge is 2.39. The van der Waals surface area contributed by atoms with Gasteiger partial charge in [-0.15, -0.1) is 0 Å². The van der Waals surface area contributed by atoms with E-state index in [0.717, 1.165) is 12.8 Å². The minimum Gasteiger partial charge on any atom is -0.486 e. The summed E-state index contributed by atoms with van der Waals surface area (Å²) >= 11 is 6.10. The molecule has 1 aromatic carbocycles. The minimum atomic E-state index is -0.254. The van der Waals surface area contributed by atoms with Gasteiger partial charge in [0.05, 0.1) is 16.4 Å². The van der Waals surface area contributed by atoms with Crippen molar-refractivity contribution in [1.82, 2.24) is 0 Å². The Morgan fingerprint density at radius 3 is 2.46 bits per heavy atom. The molecule has 126 valence electrons. The standard InChI is InChI=1S/C17H17ClN2O4/c1-10(19-23)9-24-15-8-11(6-7-14(15)18)20-16(21)12-4-2-3-5-13(12)17(20)22/h6-8,23H,2-5,9H2,1H3/b19-10-. The van der Waals surface area contributed by atoms with Crippen molar-refractivity contribution in [3.8, 4) is 5.75 Å². The maximum absolute atomic E-state index is 12.6. The van der Waals surface area contributed by atoms with E-state index >= 15 is 0 Å². The lowest BCUT2D eigenvalue weighted by Gasteiger charge is -2.17. The Morgan fingerprint density at radius 2 is 1.88 bits per heavy atom. The lowest BCUT2D eigenvalue weighted by Crippen LogP contribution is -2.31. The first-order chi connectivity index (χ1) is 11.5. The lowest BCUT2D eigenvalue weighted by atomic mass is 9.93. The molecule has 0 aromatic heterocycles. The summed E-state index contributed by atoms with van der Waals surface area (Å²) in [4.78, 5) is 26.3. The number of rotatable bonds is 4. The highest BCUT2D eigenvalue weighted by Crippen LogP contribution is 2.37. The average Bonchev–Trinajstić information content (AvgIpc) is 2.85. The number of hydrogen-bond acceptors (Lipinski definition) is 5. The van der Waals surface area contributed by atoms with Gasteiger partial charge in [-0.25, -0.2) is 4.90 Å². The highest BCUT2D eigenvalue weighted by molar-refractivity contribution is 6.34. The van der Waals surface area contributed by atoms with Crippen LogP contribution in [0.1, 0.15) is 32.6 Å². The molecule has 7 heteroatoms. The van der Waals surface area contributed by atoms with Crippen LogP contribution in [0.4, 0.5) is 5.69 Å². The Bertz CT molecular complexity index is 742. The Kier molecular flexibility index (Phi) is 4.57. The van der Waals surface area contributed by atoms with Gasteiger partial charge in [-0.05, 0) is 44.7 Å². The van der Waals surface area contributed by atoms with Gasteiger partial charge in [0, 0.05) is 17.2 Å². The first kappa shape index (κ1) is 16.5. The molecule has 1 aliphatic carbocycles. The fraction of sp³-hybridized carbons (Fsp3) is 0.353. The second-order valence-electron chi connectivity index (χ2n) is 5.85. The predicted octanol–water partition coefficient (Wildman–Crippen LogP) is 3.31. The van der Waals surface area contributed by atoms with Gasteiger partial charge < -0.3 is 9.94 Å². The number of hydrogen-bond donors (Lipinski definition) is 1. The third-order valence-corrected chi connectivity index (χ3v) is 4.48. The number of amides is 2. The Labute approximate surface area is 144 Å². The molecule has 0 saturated heterocycles. The predicted molar refractivity (Wildman–Crippen MR) is 89.8 cm³/mol. The number of carbonyl (C=O) groups excluding carboxylic acids is 2. The summed E-state index contributed by atoms with van der Waals surface area (Å²) in [5, 5.41) is 12.0. The highest BCUT2D eigenvalue weighted by atomic mass is 35.5. The summed E-state index contributed by atoms with van der Waals surface area (Å²) in [6, 6.07) is 4.76. The van der Waals surface area contributed by atoms with Crippen LogP contribution in [0.2, 0.25) is 5.02 Å². The summed E-state index contributed by atoms with van der Waals surface area (Å²) in [5.74, 6) is -0.185. The monoisotopic (exact) mass is 348 g/mol. The normalized spacial score (nSPS) is 18.2. The van der Waals surface area contributed by atoms with Crippen molar-refractivity contribution in [2.24, 2.45) is 5.16 Å². The maximum Gasteiger partial charge on any atom is 0.261 e. The smallest absolute Gasteiger partial charge is 0.261 e. The second-order valence-corrected chi connectivity index (χ2v) is 6.26. The van der Waals surface area contributed by atoms with Gasteiger partial charge in [-0.1, -0.05) is 16.8 Å².